The van der Waals surface area contributed by atoms with Gasteiger partial charge in [0.05, 0.1) is 17.7 Å². The Kier molecular flexibility index (Phi) is 3.07. The maximum absolute atomic E-state index is 5.83. The van der Waals surface area contributed by atoms with Gasteiger partial charge < -0.3 is 10.1 Å². The fraction of sp³-hybridized carbons (Fsp3) is 0.214. The van der Waals surface area contributed by atoms with Crippen LogP contribution in [0.25, 0.3) is 0 Å². The van der Waals surface area contributed by atoms with E-state index >= 15 is 0 Å². The molecule has 0 spiro atoms. The van der Waals surface area contributed by atoms with Gasteiger partial charge in [0.15, 0.2) is 0 Å². The van der Waals surface area contributed by atoms with E-state index in [0.717, 1.165) is 24.6 Å². The zero-order chi connectivity index (χ0) is 12.4. The molecule has 1 aliphatic rings. The number of nitrogens with one attached hydrogen (secondary N) is 1. The summed E-state index contributed by atoms with van der Waals surface area (Å²) in [5.41, 5.74) is 1.18. The van der Waals surface area contributed by atoms with Crippen LogP contribution < -0.4 is 10.1 Å². The molecule has 2 aromatic rings. The summed E-state index contributed by atoms with van der Waals surface area (Å²) in [5.74, 6) is 1.79. The van der Waals surface area contributed by atoms with Crippen LogP contribution >= 0.6 is 11.6 Å². The minimum atomic E-state index is 0.239. The Balaban J connectivity index is 1.84. The monoisotopic (exact) mass is 260 g/mol. The fourth-order valence-corrected chi connectivity index (χ4v) is 2.24. The number of ether oxygens (including phenoxy) is 1. The molecule has 2 heterocycles. The zero-order valence-electron chi connectivity index (χ0n) is 9.77. The van der Waals surface area contributed by atoms with Crippen molar-refractivity contribution >= 4 is 17.4 Å². The fourth-order valence-electron chi connectivity index (χ4n) is 2.13. The number of hydrogen-bond acceptors (Lipinski definition) is 3. The molecule has 3 rings (SSSR count). The highest BCUT2D eigenvalue weighted by Gasteiger charge is 2.20. The van der Waals surface area contributed by atoms with Crippen LogP contribution in [-0.4, -0.2) is 11.6 Å². The highest BCUT2D eigenvalue weighted by Crippen LogP contribution is 2.33. The number of halogens is 1. The highest BCUT2D eigenvalue weighted by atomic mass is 35.5. The number of aromatic nitrogens is 1. The first-order valence-electron chi connectivity index (χ1n) is 5.93. The van der Waals surface area contributed by atoms with E-state index in [1.54, 1.807) is 6.20 Å². The lowest BCUT2D eigenvalue weighted by Gasteiger charge is -2.26. The van der Waals surface area contributed by atoms with Gasteiger partial charge in [0.2, 0.25) is 0 Å². The average molecular weight is 261 g/mol. The molecule has 0 saturated heterocycles. The summed E-state index contributed by atoms with van der Waals surface area (Å²) in [6.45, 7) is 0.724. The van der Waals surface area contributed by atoms with Crippen LogP contribution in [0.4, 0.5) is 5.82 Å². The summed E-state index contributed by atoms with van der Waals surface area (Å²) < 4.78 is 5.63. The van der Waals surface area contributed by atoms with Crippen molar-refractivity contribution in [2.75, 3.05) is 11.9 Å². The molecule has 1 aromatic heterocycles. The van der Waals surface area contributed by atoms with Crippen molar-refractivity contribution in [1.29, 1.82) is 0 Å². The normalized spacial score (nSPS) is 17.7. The lowest BCUT2D eigenvalue weighted by atomic mass is 10.0. The van der Waals surface area contributed by atoms with E-state index in [0.29, 0.717) is 5.02 Å². The van der Waals surface area contributed by atoms with Crippen LogP contribution in [0.2, 0.25) is 5.02 Å². The Morgan fingerprint density at radius 3 is 2.94 bits per heavy atom. The van der Waals surface area contributed by atoms with E-state index in [-0.39, 0.29) is 6.04 Å². The second-order valence-corrected chi connectivity index (χ2v) is 4.67. The number of fused-ring (bicyclic) bond motifs is 1. The van der Waals surface area contributed by atoms with Crippen molar-refractivity contribution in [3.8, 4) is 5.75 Å². The van der Waals surface area contributed by atoms with E-state index in [1.165, 1.54) is 5.56 Å². The quantitative estimate of drug-likeness (QED) is 0.895. The predicted molar refractivity (Wildman–Crippen MR) is 72.2 cm³/mol. The van der Waals surface area contributed by atoms with Crippen LogP contribution in [0, 0.1) is 0 Å². The smallest absolute Gasteiger partial charge is 0.126 e. The molecule has 0 amide bonds. The van der Waals surface area contributed by atoms with Crippen molar-refractivity contribution in [2.45, 2.75) is 12.5 Å². The lowest BCUT2D eigenvalue weighted by molar-refractivity contribution is 0.274. The second kappa shape index (κ2) is 4.86. The summed E-state index contributed by atoms with van der Waals surface area (Å²) >= 11 is 5.83. The Morgan fingerprint density at radius 1 is 1.22 bits per heavy atom. The van der Waals surface area contributed by atoms with E-state index in [9.17, 15) is 0 Å². The van der Waals surface area contributed by atoms with Crippen LogP contribution in [0.5, 0.6) is 5.75 Å². The third-order valence-electron chi connectivity index (χ3n) is 3.01. The topological polar surface area (TPSA) is 34.1 Å². The Labute approximate surface area is 111 Å². The number of nitrogens with zero attached hydrogens (tertiary/aromatic N) is 1. The molecule has 0 saturated carbocycles. The van der Waals surface area contributed by atoms with Crippen molar-refractivity contribution in [3.63, 3.8) is 0 Å². The summed E-state index contributed by atoms with van der Waals surface area (Å²) in [5, 5.41) is 4.06. The molecule has 0 radical (unpaired) electrons. The number of rotatable bonds is 2. The predicted octanol–water partition coefficient (Wildman–Crippen LogP) is 3.67. The first-order valence-corrected chi connectivity index (χ1v) is 6.30. The minimum absolute atomic E-state index is 0.239. The van der Waals surface area contributed by atoms with Gasteiger partial charge >= 0.3 is 0 Å². The third-order valence-corrected chi connectivity index (χ3v) is 3.23. The van der Waals surface area contributed by atoms with Gasteiger partial charge in [-0.3, -0.25) is 0 Å². The van der Waals surface area contributed by atoms with Crippen molar-refractivity contribution in [3.05, 3.63) is 53.2 Å². The Hall–Kier alpha value is -1.74. The van der Waals surface area contributed by atoms with Crippen LogP contribution in [0.1, 0.15) is 18.0 Å². The SMILES string of the molecule is Clc1ccc(NC2CCOc3ccccc32)nc1. The number of pyridine rings is 1. The van der Waals surface area contributed by atoms with Crippen molar-refractivity contribution < 1.29 is 4.74 Å². The van der Waals surface area contributed by atoms with Gasteiger partial charge in [-0.25, -0.2) is 4.98 Å². The van der Waals surface area contributed by atoms with E-state index in [1.807, 2.05) is 30.3 Å². The van der Waals surface area contributed by atoms with Gasteiger partial charge in [-0.2, -0.15) is 0 Å². The van der Waals surface area contributed by atoms with Gasteiger partial charge in [0.25, 0.3) is 0 Å². The van der Waals surface area contributed by atoms with E-state index in [2.05, 4.69) is 16.4 Å². The molecule has 1 unspecified atom stereocenters. The van der Waals surface area contributed by atoms with Crippen molar-refractivity contribution in [2.24, 2.45) is 0 Å². The standard InChI is InChI=1S/C14H13ClN2O/c15-10-5-6-14(16-9-10)17-12-7-8-18-13-4-2-1-3-11(12)13/h1-6,9,12H,7-8H2,(H,16,17). The van der Waals surface area contributed by atoms with Gasteiger partial charge in [-0.1, -0.05) is 29.8 Å². The largest absolute Gasteiger partial charge is 0.493 e. The van der Waals surface area contributed by atoms with Crippen LogP contribution in [0.15, 0.2) is 42.6 Å². The Morgan fingerprint density at radius 2 is 2.11 bits per heavy atom. The van der Waals surface area contributed by atoms with Crippen LogP contribution in [-0.2, 0) is 0 Å². The molecule has 1 atom stereocenters. The maximum Gasteiger partial charge on any atom is 0.126 e. The minimum Gasteiger partial charge on any atom is -0.493 e. The first kappa shape index (κ1) is 11.4. The second-order valence-electron chi connectivity index (χ2n) is 4.23. The number of para-hydroxylation sites is 1. The summed E-state index contributed by atoms with van der Waals surface area (Å²) in [6.07, 6.45) is 2.58. The van der Waals surface area contributed by atoms with E-state index in [4.69, 9.17) is 16.3 Å². The molecule has 1 N–H and O–H groups in total. The molecule has 92 valence electrons. The third kappa shape index (κ3) is 2.27. The molecule has 1 aliphatic heterocycles. The molecule has 18 heavy (non-hydrogen) atoms. The van der Waals surface area contributed by atoms with Crippen LogP contribution in [0.3, 0.4) is 0 Å². The molecule has 1 aromatic carbocycles. The average Bonchev–Trinajstić information content (AvgIpc) is 2.42. The van der Waals surface area contributed by atoms with Gasteiger partial charge in [0.1, 0.15) is 11.6 Å². The summed E-state index contributed by atoms with van der Waals surface area (Å²) in [6, 6.07) is 12.1. The maximum atomic E-state index is 5.83. The molecule has 3 nitrogen and oxygen atoms in total. The summed E-state index contributed by atoms with van der Waals surface area (Å²) in [7, 11) is 0. The number of hydrogen-bond donors (Lipinski definition) is 1. The first-order chi connectivity index (χ1) is 8.83. The van der Waals surface area contributed by atoms with E-state index < -0.39 is 0 Å². The molecule has 0 aliphatic carbocycles. The van der Waals surface area contributed by atoms with Gasteiger partial charge in [0, 0.05) is 18.2 Å². The molecular formula is C14H13ClN2O. The lowest BCUT2D eigenvalue weighted by Crippen LogP contribution is -2.20. The highest BCUT2D eigenvalue weighted by molar-refractivity contribution is 6.30. The molecule has 0 bridgehead atoms. The van der Waals surface area contributed by atoms with Gasteiger partial charge in [-0.05, 0) is 18.2 Å². The van der Waals surface area contributed by atoms with Crippen molar-refractivity contribution in [1.82, 2.24) is 4.98 Å². The Bertz CT molecular complexity index is 542. The summed E-state index contributed by atoms with van der Waals surface area (Å²) in [4.78, 5) is 4.26. The van der Waals surface area contributed by atoms with Gasteiger partial charge in [-0.15, -0.1) is 0 Å². The molecular weight excluding hydrogens is 248 g/mol. The number of anilines is 1. The molecule has 0 fully saturated rings. The number of benzene rings is 1. The zero-order valence-corrected chi connectivity index (χ0v) is 10.5. The molecule has 4 heteroatoms.